The molecule has 3 rings (SSSR count). The first kappa shape index (κ1) is 27.0. The molecule has 35 heavy (non-hydrogen) atoms. The van der Waals surface area contributed by atoms with Crippen molar-refractivity contribution in [3.05, 3.63) is 53.6 Å². The average molecular weight is 506 g/mol. The van der Waals surface area contributed by atoms with Crippen LogP contribution in [0.5, 0.6) is 17.2 Å². The highest BCUT2D eigenvalue weighted by molar-refractivity contribution is 7.91. The van der Waals surface area contributed by atoms with Crippen LogP contribution in [0.3, 0.4) is 0 Å². The Morgan fingerprint density at radius 1 is 1.09 bits per heavy atom. The van der Waals surface area contributed by atoms with Crippen LogP contribution >= 0.6 is 0 Å². The van der Waals surface area contributed by atoms with Crippen LogP contribution in [0.2, 0.25) is 0 Å². The minimum absolute atomic E-state index is 0.000274. The Labute approximate surface area is 207 Å². The van der Waals surface area contributed by atoms with E-state index in [0.29, 0.717) is 43.2 Å². The lowest BCUT2D eigenvalue weighted by atomic mass is 10.1. The minimum atomic E-state index is -3.08. The van der Waals surface area contributed by atoms with Crippen LogP contribution in [0, 0.1) is 0 Å². The van der Waals surface area contributed by atoms with Crippen LogP contribution in [0.1, 0.15) is 42.6 Å². The predicted octanol–water partition coefficient (Wildman–Crippen LogP) is 3.12. The van der Waals surface area contributed by atoms with Gasteiger partial charge in [-0.3, -0.25) is 9.69 Å². The van der Waals surface area contributed by atoms with Gasteiger partial charge in [-0.25, -0.2) is 8.42 Å². The maximum absolute atomic E-state index is 12.1. The summed E-state index contributed by atoms with van der Waals surface area (Å²) in [4.78, 5) is 13.1. The summed E-state index contributed by atoms with van der Waals surface area (Å²) in [6.45, 7) is 5.71. The van der Waals surface area contributed by atoms with Gasteiger partial charge in [0, 0.05) is 24.7 Å². The first-order chi connectivity index (χ1) is 16.8. The summed E-state index contributed by atoms with van der Waals surface area (Å²) in [6, 6.07) is 12.4. The maximum Gasteiger partial charge on any atom is 0.161 e. The summed E-state index contributed by atoms with van der Waals surface area (Å²) in [5.74, 6) is 1.91. The van der Waals surface area contributed by atoms with Crippen LogP contribution in [0.15, 0.2) is 42.5 Å². The lowest BCUT2D eigenvalue weighted by Crippen LogP contribution is -2.42. The summed E-state index contributed by atoms with van der Waals surface area (Å²) in [6.07, 6.45) is 1.34. The molecule has 1 saturated heterocycles. The molecule has 2 aromatic carbocycles. The number of hydrogen-bond acceptors (Lipinski definition) is 8. The van der Waals surface area contributed by atoms with Crippen molar-refractivity contribution in [1.82, 2.24) is 4.90 Å². The fourth-order valence-corrected chi connectivity index (χ4v) is 5.81. The zero-order chi connectivity index (χ0) is 25.3. The molecule has 2 unspecified atom stereocenters. The average Bonchev–Trinajstić information content (AvgIpc) is 3.22. The van der Waals surface area contributed by atoms with Gasteiger partial charge in [-0.1, -0.05) is 19.1 Å². The van der Waals surface area contributed by atoms with E-state index >= 15 is 0 Å². The van der Waals surface area contributed by atoms with E-state index in [-0.39, 0.29) is 30.7 Å². The van der Waals surface area contributed by atoms with Gasteiger partial charge in [-0.2, -0.15) is 0 Å². The standard InChI is InChI=1S/C26H35NO7S/c1-3-12-33-24-8-5-20(6-9-24)15-27(22-11-13-35(30,31)19-22)16-23(29)18-34-25-10-7-21(17-28)14-26(25)32-4-2/h5-10,14,17,22-23,29H,3-4,11-13,15-16,18-19H2,1-2H3. The molecule has 1 aliphatic heterocycles. The summed E-state index contributed by atoms with van der Waals surface area (Å²) in [5.41, 5.74) is 1.48. The third kappa shape index (κ3) is 8.23. The molecule has 1 heterocycles. The van der Waals surface area contributed by atoms with E-state index in [2.05, 4.69) is 6.92 Å². The molecule has 8 nitrogen and oxygen atoms in total. The molecule has 0 amide bonds. The van der Waals surface area contributed by atoms with Gasteiger partial charge in [-0.05, 0) is 55.7 Å². The van der Waals surface area contributed by atoms with Crippen molar-refractivity contribution in [3.63, 3.8) is 0 Å². The summed E-state index contributed by atoms with van der Waals surface area (Å²) in [7, 11) is -3.08. The molecule has 0 bridgehead atoms. The Hall–Kier alpha value is -2.62. The van der Waals surface area contributed by atoms with Crippen molar-refractivity contribution >= 4 is 16.1 Å². The number of sulfone groups is 1. The van der Waals surface area contributed by atoms with E-state index in [9.17, 15) is 18.3 Å². The molecular formula is C26H35NO7S. The Kier molecular flexibility index (Phi) is 9.94. The van der Waals surface area contributed by atoms with Crippen molar-refractivity contribution in [3.8, 4) is 17.2 Å². The summed E-state index contributed by atoms with van der Waals surface area (Å²) < 4.78 is 41.3. The minimum Gasteiger partial charge on any atom is -0.494 e. The van der Waals surface area contributed by atoms with Gasteiger partial charge in [0.25, 0.3) is 0 Å². The van der Waals surface area contributed by atoms with Crippen LogP contribution in [-0.4, -0.2) is 74.7 Å². The fourth-order valence-electron chi connectivity index (χ4n) is 4.05. The topological polar surface area (TPSA) is 102 Å². The van der Waals surface area contributed by atoms with Crippen LogP contribution in [0.4, 0.5) is 0 Å². The first-order valence-electron chi connectivity index (χ1n) is 12.0. The van der Waals surface area contributed by atoms with Gasteiger partial charge in [0.1, 0.15) is 24.7 Å². The van der Waals surface area contributed by atoms with Gasteiger partial charge in [0.2, 0.25) is 0 Å². The van der Waals surface area contributed by atoms with E-state index in [1.165, 1.54) is 0 Å². The predicted molar refractivity (Wildman–Crippen MR) is 134 cm³/mol. The summed E-state index contributed by atoms with van der Waals surface area (Å²) in [5, 5.41) is 10.8. The van der Waals surface area contributed by atoms with E-state index in [0.717, 1.165) is 24.0 Å². The Morgan fingerprint density at radius 2 is 1.86 bits per heavy atom. The van der Waals surface area contributed by atoms with Gasteiger partial charge in [-0.15, -0.1) is 0 Å². The maximum atomic E-state index is 12.1. The highest BCUT2D eigenvalue weighted by Crippen LogP contribution is 2.28. The number of hydrogen-bond donors (Lipinski definition) is 1. The number of nitrogens with zero attached hydrogens (tertiary/aromatic N) is 1. The number of aldehydes is 1. The molecule has 0 radical (unpaired) electrons. The molecule has 2 atom stereocenters. The zero-order valence-electron chi connectivity index (χ0n) is 20.4. The molecule has 1 aliphatic rings. The number of benzene rings is 2. The van der Waals surface area contributed by atoms with Crippen molar-refractivity contribution in [1.29, 1.82) is 0 Å². The number of aliphatic hydroxyl groups excluding tert-OH is 1. The quantitative estimate of drug-likeness (QED) is 0.391. The van der Waals surface area contributed by atoms with Gasteiger partial charge >= 0.3 is 0 Å². The molecule has 0 aliphatic carbocycles. The number of carbonyl (C=O) groups excluding carboxylic acids is 1. The molecular weight excluding hydrogens is 470 g/mol. The molecule has 0 aromatic heterocycles. The molecule has 1 fully saturated rings. The largest absolute Gasteiger partial charge is 0.494 e. The van der Waals surface area contributed by atoms with Crippen LogP contribution in [-0.2, 0) is 16.4 Å². The fraction of sp³-hybridized carbons (Fsp3) is 0.500. The number of rotatable bonds is 14. The van der Waals surface area contributed by atoms with E-state index in [1.54, 1.807) is 18.2 Å². The molecule has 192 valence electrons. The zero-order valence-corrected chi connectivity index (χ0v) is 21.2. The van der Waals surface area contributed by atoms with Crippen molar-refractivity contribution in [2.24, 2.45) is 0 Å². The molecule has 2 aromatic rings. The Balaban J connectivity index is 1.66. The van der Waals surface area contributed by atoms with Crippen molar-refractivity contribution in [2.45, 2.75) is 45.4 Å². The highest BCUT2D eigenvalue weighted by atomic mass is 32.2. The molecule has 0 saturated carbocycles. The Bertz CT molecular complexity index is 1060. The molecule has 9 heteroatoms. The number of aliphatic hydroxyl groups is 1. The van der Waals surface area contributed by atoms with Gasteiger partial charge in [0.05, 0.1) is 24.7 Å². The lowest BCUT2D eigenvalue weighted by Gasteiger charge is -2.30. The number of ether oxygens (including phenoxy) is 3. The van der Waals surface area contributed by atoms with E-state index < -0.39 is 15.9 Å². The monoisotopic (exact) mass is 505 g/mol. The van der Waals surface area contributed by atoms with E-state index in [1.807, 2.05) is 36.1 Å². The van der Waals surface area contributed by atoms with E-state index in [4.69, 9.17) is 14.2 Å². The number of carbonyl (C=O) groups is 1. The first-order valence-corrected chi connectivity index (χ1v) is 13.8. The molecule has 1 N–H and O–H groups in total. The van der Waals surface area contributed by atoms with Gasteiger partial charge in [0.15, 0.2) is 21.3 Å². The normalized spacial score (nSPS) is 17.8. The third-order valence-corrected chi connectivity index (χ3v) is 7.54. The SMILES string of the molecule is CCCOc1ccc(CN(CC(O)COc2ccc(C=O)cc2OCC)C2CCS(=O)(=O)C2)cc1. The second kappa shape index (κ2) is 12.9. The smallest absolute Gasteiger partial charge is 0.161 e. The second-order valence-corrected chi connectivity index (χ2v) is 10.9. The van der Waals surface area contributed by atoms with Crippen LogP contribution < -0.4 is 14.2 Å². The molecule has 0 spiro atoms. The lowest BCUT2D eigenvalue weighted by molar-refractivity contribution is 0.0515. The van der Waals surface area contributed by atoms with Crippen molar-refractivity contribution in [2.75, 3.05) is 37.9 Å². The second-order valence-electron chi connectivity index (χ2n) is 8.70. The van der Waals surface area contributed by atoms with Crippen LogP contribution in [0.25, 0.3) is 0 Å². The summed E-state index contributed by atoms with van der Waals surface area (Å²) >= 11 is 0. The van der Waals surface area contributed by atoms with Crippen molar-refractivity contribution < 1.29 is 32.5 Å². The van der Waals surface area contributed by atoms with Gasteiger partial charge < -0.3 is 19.3 Å². The third-order valence-electron chi connectivity index (χ3n) is 5.79. The highest BCUT2D eigenvalue weighted by Gasteiger charge is 2.33. The Morgan fingerprint density at radius 3 is 2.49 bits per heavy atom.